The van der Waals surface area contributed by atoms with Gasteiger partial charge >= 0.3 is 0 Å². The van der Waals surface area contributed by atoms with E-state index in [1.165, 1.54) is 0 Å². The molecule has 0 radical (unpaired) electrons. The molecule has 9 heteroatoms. The van der Waals surface area contributed by atoms with Crippen LogP contribution in [0.4, 0.5) is 0 Å². The molecular formula is C15H27Cl2N5O2. The smallest absolute Gasteiger partial charge is 0.223 e. The Morgan fingerprint density at radius 3 is 2.75 bits per heavy atom. The molecule has 1 amide bonds. The number of piperazine rings is 1. The van der Waals surface area contributed by atoms with E-state index >= 15 is 0 Å². The molecule has 2 saturated heterocycles. The highest BCUT2D eigenvalue weighted by atomic mass is 35.5. The quantitative estimate of drug-likeness (QED) is 0.794. The number of nitrogens with one attached hydrogen (secondary N) is 1. The Hall–Kier alpha value is -0.860. The van der Waals surface area contributed by atoms with Gasteiger partial charge in [-0.3, -0.25) is 14.4 Å². The Balaban J connectivity index is 0.00000144. The molecule has 3 heterocycles. The molecule has 2 fully saturated rings. The molecule has 1 aromatic rings. The topological polar surface area (TPSA) is 62.6 Å². The summed E-state index contributed by atoms with van der Waals surface area (Å²) < 4.78 is 7.70. The number of aromatic nitrogens is 2. The van der Waals surface area contributed by atoms with E-state index in [-0.39, 0.29) is 36.8 Å². The monoisotopic (exact) mass is 379 g/mol. The Morgan fingerprint density at radius 1 is 1.25 bits per heavy atom. The van der Waals surface area contributed by atoms with Crippen LogP contribution >= 0.6 is 24.8 Å². The van der Waals surface area contributed by atoms with Gasteiger partial charge in [0.1, 0.15) is 0 Å². The lowest BCUT2D eigenvalue weighted by Gasteiger charge is -2.33. The van der Waals surface area contributed by atoms with Crippen molar-refractivity contribution >= 4 is 30.7 Å². The lowest BCUT2D eigenvalue weighted by molar-refractivity contribution is -0.132. The number of amides is 1. The highest BCUT2D eigenvalue weighted by molar-refractivity contribution is 5.85. The summed E-state index contributed by atoms with van der Waals surface area (Å²) in [5.74, 6) is 0.275. The van der Waals surface area contributed by atoms with Gasteiger partial charge in [-0.25, -0.2) is 0 Å². The molecule has 0 bridgehead atoms. The summed E-state index contributed by atoms with van der Waals surface area (Å²) in [7, 11) is 0. The number of carbonyl (C=O) groups excluding carboxylic acids is 1. The first-order valence-electron chi connectivity index (χ1n) is 8.11. The standard InChI is InChI=1S/C15H25N5O2.2ClH/c21-15(19-8-4-16-5-9-19)2-7-18-10-11-22-14(12-18)13-20-6-1-3-17-20;;/h1,3,6,14,16H,2,4-5,7-13H2;2*1H. The molecule has 3 rings (SSSR count). The maximum atomic E-state index is 12.2. The third-order valence-electron chi connectivity index (χ3n) is 4.28. The summed E-state index contributed by atoms with van der Waals surface area (Å²) in [5, 5.41) is 7.49. The van der Waals surface area contributed by atoms with Crippen molar-refractivity contribution < 1.29 is 9.53 Å². The molecule has 1 unspecified atom stereocenters. The van der Waals surface area contributed by atoms with Gasteiger partial charge in [0.05, 0.1) is 19.3 Å². The van der Waals surface area contributed by atoms with Crippen LogP contribution in [-0.4, -0.2) is 84.0 Å². The highest BCUT2D eigenvalue weighted by Crippen LogP contribution is 2.09. The first kappa shape index (κ1) is 21.2. The van der Waals surface area contributed by atoms with E-state index in [1.54, 1.807) is 6.20 Å². The van der Waals surface area contributed by atoms with Crippen molar-refractivity contribution in [3.8, 4) is 0 Å². The van der Waals surface area contributed by atoms with Gasteiger partial charge in [0.15, 0.2) is 0 Å². The van der Waals surface area contributed by atoms with Crippen molar-refractivity contribution in [2.45, 2.75) is 19.1 Å². The fourth-order valence-corrected chi connectivity index (χ4v) is 3.04. The van der Waals surface area contributed by atoms with Gasteiger partial charge in [0.2, 0.25) is 5.91 Å². The predicted molar refractivity (Wildman–Crippen MR) is 97.0 cm³/mol. The fraction of sp³-hybridized carbons (Fsp3) is 0.733. The Bertz CT molecular complexity index is 468. The summed E-state index contributed by atoms with van der Waals surface area (Å²) in [5.41, 5.74) is 0. The first-order chi connectivity index (χ1) is 10.8. The van der Waals surface area contributed by atoms with Crippen molar-refractivity contribution in [2.75, 3.05) is 52.4 Å². The summed E-state index contributed by atoms with van der Waals surface area (Å²) in [6.07, 6.45) is 4.50. The summed E-state index contributed by atoms with van der Waals surface area (Å²) in [6, 6.07) is 1.92. The van der Waals surface area contributed by atoms with Crippen LogP contribution in [0.1, 0.15) is 6.42 Å². The molecule has 7 nitrogen and oxygen atoms in total. The van der Waals surface area contributed by atoms with E-state index < -0.39 is 0 Å². The zero-order valence-electron chi connectivity index (χ0n) is 13.8. The van der Waals surface area contributed by atoms with Gasteiger partial charge in [-0.1, -0.05) is 0 Å². The number of nitrogens with zero attached hydrogens (tertiary/aromatic N) is 4. The molecule has 0 aliphatic carbocycles. The number of hydrogen-bond acceptors (Lipinski definition) is 5. The average Bonchev–Trinajstić information content (AvgIpc) is 3.07. The second-order valence-electron chi connectivity index (χ2n) is 5.90. The molecule has 2 aliphatic heterocycles. The maximum Gasteiger partial charge on any atom is 0.223 e. The van der Waals surface area contributed by atoms with E-state index in [0.29, 0.717) is 6.42 Å². The molecule has 0 spiro atoms. The van der Waals surface area contributed by atoms with Gasteiger partial charge in [0, 0.05) is 64.6 Å². The zero-order chi connectivity index (χ0) is 15.2. The van der Waals surface area contributed by atoms with Crippen LogP contribution in [0, 0.1) is 0 Å². The Morgan fingerprint density at radius 2 is 2.04 bits per heavy atom. The van der Waals surface area contributed by atoms with Crippen LogP contribution in [0.5, 0.6) is 0 Å². The number of morpholine rings is 1. The van der Waals surface area contributed by atoms with Crippen LogP contribution in [0.25, 0.3) is 0 Å². The normalized spacial score (nSPS) is 21.7. The van der Waals surface area contributed by atoms with Crippen molar-refractivity contribution in [1.29, 1.82) is 0 Å². The minimum absolute atomic E-state index is 0. The van der Waals surface area contributed by atoms with Gasteiger partial charge < -0.3 is 15.0 Å². The van der Waals surface area contributed by atoms with E-state index in [4.69, 9.17) is 4.74 Å². The fourth-order valence-electron chi connectivity index (χ4n) is 3.04. The van der Waals surface area contributed by atoms with Gasteiger partial charge in [0.25, 0.3) is 0 Å². The van der Waals surface area contributed by atoms with Crippen molar-refractivity contribution in [2.24, 2.45) is 0 Å². The number of ether oxygens (including phenoxy) is 1. The van der Waals surface area contributed by atoms with Crippen molar-refractivity contribution in [1.82, 2.24) is 24.9 Å². The average molecular weight is 380 g/mol. The number of rotatable bonds is 5. The van der Waals surface area contributed by atoms with Gasteiger partial charge in [-0.05, 0) is 6.07 Å². The molecule has 24 heavy (non-hydrogen) atoms. The summed E-state index contributed by atoms with van der Waals surface area (Å²) in [4.78, 5) is 16.5. The number of hydrogen-bond donors (Lipinski definition) is 1. The molecule has 0 saturated carbocycles. The second kappa shape index (κ2) is 10.9. The number of carbonyl (C=O) groups is 1. The van der Waals surface area contributed by atoms with Crippen molar-refractivity contribution in [3.05, 3.63) is 18.5 Å². The van der Waals surface area contributed by atoms with Crippen LogP contribution in [0.3, 0.4) is 0 Å². The third-order valence-corrected chi connectivity index (χ3v) is 4.28. The van der Waals surface area contributed by atoms with Gasteiger partial charge in [-0.2, -0.15) is 5.10 Å². The molecule has 2 aliphatic rings. The predicted octanol–water partition coefficient (Wildman–Crippen LogP) is 0.249. The molecular weight excluding hydrogens is 353 g/mol. The van der Waals surface area contributed by atoms with Crippen LogP contribution in [0.2, 0.25) is 0 Å². The van der Waals surface area contributed by atoms with Gasteiger partial charge in [-0.15, -0.1) is 24.8 Å². The molecule has 1 aromatic heterocycles. The van der Waals surface area contributed by atoms with E-state index in [2.05, 4.69) is 15.3 Å². The molecule has 1 atom stereocenters. The lowest BCUT2D eigenvalue weighted by atomic mass is 10.2. The highest BCUT2D eigenvalue weighted by Gasteiger charge is 2.22. The third kappa shape index (κ3) is 6.22. The lowest BCUT2D eigenvalue weighted by Crippen LogP contribution is -2.48. The minimum atomic E-state index is 0. The summed E-state index contributed by atoms with van der Waals surface area (Å²) in [6.45, 7) is 7.60. The SMILES string of the molecule is Cl.Cl.O=C(CCN1CCOC(Cn2cccn2)C1)N1CCNCC1. The first-order valence-corrected chi connectivity index (χ1v) is 8.11. The van der Waals surface area contributed by atoms with E-state index in [0.717, 1.165) is 59.0 Å². The maximum absolute atomic E-state index is 12.2. The van der Waals surface area contributed by atoms with Crippen LogP contribution < -0.4 is 5.32 Å². The Labute approximate surface area is 155 Å². The second-order valence-corrected chi connectivity index (χ2v) is 5.90. The van der Waals surface area contributed by atoms with E-state index in [9.17, 15) is 4.79 Å². The number of halogens is 2. The Kier molecular flexibility index (Phi) is 9.61. The summed E-state index contributed by atoms with van der Waals surface area (Å²) >= 11 is 0. The van der Waals surface area contributed by atoms with E-state index in [1.807, 2.05) is 21.8 Å². The van der Waals surface area contributed by atoms with Crippen LogP contribution in [-0.2, 0) is 16.1 Å². The van der Waals surface area contributed by atoms with Crippen molar-refractivity contribution in [3.63, 3.8) is 0 Å². The minimum Gasteiger partial charge on any atom is -0.374 e. The molecule has 0 aromatic carbocycles. The molecule has 1 N–H and O–H groups in total. The largest absolute Gasteiger partial charge is 0.374 e. The van der Waals surface area contributed by atoms with Crippen LogP contribution in [0.15, 0.2) is 18.5 Å². The molecule has 138 valence electrons. The zero-order valence-corrected chi connectivity index (χ0v) is 15.4.